The molecule has 0 bridgehead atoms. The van der Waals surface area contributed by atoms with E-state index in [4.69, 9.17) is 42.3 Å². The standard InChI is InChI=1S/C24H33ClN3O9PS/c1-14(20(31)34-13-23(2,3)4)27-38(33,37-16-8-6-15(25)7-9-16)35-12-17-19(30)24(5,32)21(36-17)28-11-10-18(29)26-22(28)39/h6-11,14,17,19,21,30,32H,12-13H2,1-5H3,(H,27,33)(H,26,29,39)/t14-,17+,19?,21+,24+,38?/m0/s1. The van der Waals surface area contributed by atoms with Crippen LogP contribution < -0.4 is 15.2 Å². The fourth-order valence-electron chi connectivity index (χ4n) is 3.59. The number of hydrogen-bond acceptors (Lipinski definition) is 10. The molecule has 3 rings (SSSR count). The van der Waals surface area contributed by atoms with Crippen molar-refractivity contribution in [3.05, 3.63) is 56.7 Å². The third-order valence-corrected chi connectivity index (χ3v) is 7.87. The minimum atomic E-state index is -4.30. The molecule has 1 aromatic carbocycles. The highest BCUT2D eigenvalue weighted by molar-refractivity contribution is 7.71. The Bertz CT molecular complexity index is 1330. The van der Waals surface area contributed by atoms with E-state index < -0.39 is 56.0 Å². The van der Waals surface area contributed by atoms with Gasteiger partial charge >= 0.3 is 13.7 Å². The Labute approximate surface area is 235 Å². The fraction of sp³-hybridized carbons (Fsp3) is 0.542. The summed E-state index contributed by atoms with van der Waals surface area (Å²) < 4.78 is 37.4. The molecule has 4 N–H and O–H groups in total. The lowest BCUT2D eigenvalue weighted by atomic mass is 9.96. The summed E-state index contributed by atoms with van der Waals surface area (Å²) in [5.41, 5.74) is -2.60. The Morgan fingerprint density at radius 1 is 1.33 bits per heavy atom. The number of aromatic nitrogens is 2. The topological polar surface area (TPSA) is 161 Å². The van der Waals surface area contributed by atoms with E-state index in [1.54, 1.807) is 0 Å². The number of aliphatic hydroxyl groups excluding tert-OH is 1. The SMILES string of the molecule is C[C@H](NP(=O)(OC[C@H]1O[C@@H](n2ccc(=O)[nH]c2=S)[C@](C)(O)C1O)Oc1ccc(Cl)cc1)C(=O)OCC(C)(C)C. The minimum Gasteiger partial charge on any atom is -0.464 e. The van der Waals surface area contributed by atoms with E-state index in [2.05, 4.69) is 10.1 Å². The maximum absolute atomic E-state index is 13.8. The zero-order valence-electron chi connectivity index (χ0n) is 22.1. The van der Waals surface area contributed by atoms with Crippen molar-refractivity contribution in [3.8, 4) is 5.75 Å². The number of nitrogens with one attached hydrogen (secondary N) is 2. The molecule has 2 aromatic rings. The molecule has 2 unspecified atom stereocenters. The van der Waals surface area contributed by atoms with Crippen LogP contribution in [0.1, 0.15) is 40.8 Å². The number of ether oxygens (including phenoxy) is 2. The number of H-pyrrole nitrogens is 1. The number of carbonyl (C=O) groups is 1. The van der Waals surface area contributed by atoms with Crippen molar-refractivity contribution in [3.63, 3.8) is 0 Å². The molecule has 1 saturated heterocycles. The highest BCUT2D eigenvalue weighted by Gasteiger charge is 2.53. The third-order valence-electron chi connectivity index (χ3n) is 5.66. The van der Waals surface area contributed by atoms with Crippen LogP contribution in [-0.4, -0.2) is 62.8 Å². The maximum Gasteiger partial charge on any atom is 0.459 e. The molecule has 39 heavy (non-hydrogen) atoms. The number of benzene rings is 1. The molecule has 1 aliphatic rings. The largest absolute Gasteiger partial charge is 0.464 e. The van der Waals surface area contributed by atoms with Crippen LogP contribution in [0.4, 0.5) is 0 Å². The number of rotatable bonds is 10. The summed E-state index contributed by atoms with van der Waals surface area (Å²) in [6.45, 7) is 8.05. The van der Waals surface area contributed by atoms with E-state index in [1.165, 1.54) is 54.9 Å². The van der Waals surface area contributed by atoms with Crippen molar-refractivity contribution in [2.45, 2.75) is 64.7 Å². The molecule has 0 spiro atoms. The van der Waals surface area contributed by atoms with Gasteiger partial charge in [0.2, 0.25) is 0 Å². The number of aliphatic hydroxyl groups is 2. The first kappa shape index (κ1) is 31.4. The van der Waals surface area contributed by atoms with E-state index in [-0.39, 0.29) is 22.5 Å². The molecule has 12 nitrogen and oxygen atoms in total. The van der Waals surface area contributed by atoms with Gasteiger partial charge < -0.3 is 24.2 Å². The Kier molecular flexibility index (Phi) is 9.83. The molecule has 15 heteroatoms. The predicted molar refractivity (Wildman–Crippen MR) is 145 cm³/mol. The molecule has 0 radical (unpaired) electrons. The number of esters is 1. The van der Waals surface area contributed by atoms with Gasteiger partial charge in [-0.1, -0.05) is 32.4 Å². The van der Waals surface area contributed by atoms with Crippen molar-refractivity contribution in [1.82, 2.24) is 14.6 Å². The molecule has 0 saturated carbocycles. The van der Waals surface area contributed by atoms with Gasteiger partial charge in [-0.15, -0.1) is 0 Å². The Hall–Kier alpha value is -2.09. The molecule has 216 valence electrons. The van der Waals surface area contributed by atoms with E-state index in [0.29, 0.717) is 5.02 Å². The quantitative estimate of drug-likeness (QED) is 0.179. The van der Waals surface area contributed by atoms with Crippen LogP contribution in [0, 0.1) is 10.2 Å². The average Bonchev–Trinajstić information content (AvgIpc) is 3.05. The highest BCUT2D eigenvalue weighted by atomic mass is 35.5. The highest BCUT2D eigenvalue weighted by Crippen LogP contribution is 2.47. The van der Waals surface area contributed by atoms with Gasteiger partial charge in [0.05, 0.1) is 13.2 Å². The van der Waals surface area contributed by atoms with Crippen LogP contribution in [0.15, 0.2) is 41.3 Å². The van der Waals surface area contributed by atoms with Crippen LogP contribution in [0.3, 0.4) is 0 Å². The van der Waals surface area contributed by atoms with Gasteiger partial charge in [0, 0.05) is 17.3 Å². The third kappa shape index (κ3) is 8.21. The average molecular weight is 606 g/mol. The van der Waals surface area contributed by atoms with Crippen molar-refractivity contribution >= 4 is 37.5 Å². The second-order valence-electron chi connectivity index (χ2n) is 10.6. The summed E-state index contributed by atoms with van der Waals surface area (Å²) >= 11 is 11.1. The predicted octanol–water partition coefficient (Wildman–Crippen LogP) is 3.34. The minimum absolute atomic E-state index is 0.0393. The number of nitrogens with zero attached hydrogens (tertiary/aromatic N) is 1. The zero-order chi connectivity index (χ0) is 29.2. The first-order chi connectivity index (χ1) is 18.0. The fourth-order valence-corrected chi connectivity index (χ4v) is 5.47. The lowest BCUT2D eigenvalue weighted by molar-refractivity contribution is -0.148. The Morgan fingerprint density at radius 2 is 1.97 bits per heavy atom. The summed E-state index contributed by atoms with van der Waals surface area (Å²) in [6.07, 6.45) is -2.61. The van der Waals surface area contributed by atoms with Crippen LogP contribution in [0.5, 0.6) is 5.75 Å². The molecular formula is C24H33ClN3O9PS. The summed E-state index contributed by atoms with van der Waals surface area (Å²) in [5.74, 6) is -0.552. The summed E-state index contributed by atoms with van der Waals surface area (Å²) in [7, 11) is -4.30. The number of aromatic amines is 1. The van der Waals surface area contributed by atoms with Crippen LogP contribution in [-0.2, 0) is 23.4 Å². The number of carbonyl (C=O) groups excluding carboxylic acids is 1. The summed E-state index contributed by atoms with van der Waals surface area (Å²) in [5, 5.41) is 24.8. The number of halogens is 1. The van der Waals surface area contributed by atoms with Gasteiger partial charge in [0.25, 0.3) is 5.56 Å². The normalized spacial score (nSPS) is 25.6. The first-order valence-corrected chi connectivity index (χ1v) is 14.4. The molecule has 1 aliphatic heterocycles. The second kappa shape index (κ2) is 12.2. The molecule has 1 fully saturated rings. The lowest BCUT2D eigenvalue weighted by Crippen LogP contribution is -2.45. The van der Waals surface area contributed by atoms with Crippen molar-refractivity contribution in [2.75, 3.05) is 13.2 Å². The van der Waals surface area contributed by atoms with Crippen LogP contribution in [0.2, 0.25) is 5.02 Å². The molecular weight excluding hydrogens is 573 g/mol. The Balaban J connectivity index is 1.79. The summed E-state index contributed by atoms with van der Waals surface area (Å²) in [4.78, 5) is 26.5. The monoisotopic (exact) mass is 605 g/mol. The molecule has 2 heterocycles. The van der Waals surface area contributed by atoms with E-state index in [1.807, 2.05) is 20.8 Å². The lowest BCUT2D eigenvalue weighted by Gasteiger charge is -2.28. The molecule has 0 amide bonds. The van der Waals surface area contributed by atoms with E-state index >= 15 is 0 Å². The maximum atomic E-state index is 13.8. The first-order valence-electron chi connectivity index (χ1n) is 12.0. The van der Waals surface area contributed by atoms with Gasteiger partial charge in [0.1, 0.15) is 29.6 Å². The summed E-state index contributed by atoms with van der Waals surface area (Å²) in [6, 6.07) is 6.03. The van der Waals surface area contributed by atoms with Crippen LogP contribution >= 0.6 is 31.6 Å². The van der Waals surface area contributed by atoms with Gasteiger partial charge in [-0.25, -0.2) is 4.57 Å². The van der Waals surface area contributed by atoms with Crippen LogP contribution in [0.25, 0.3) is 0 Å². The van der Waals surface area contributed by atoms with Gasteiger partial charge in [-0.3, -0.25) is 23.7 Å². The van der Waals surface area contributed by atoms with E-state index in [0.717, 1.165) is 0 Å². The number of hydrogen-bond donors (Lipinski definition) is 4. The van der Waals surface area contributed by atoms with Gasteiger partial charge in [-0.2, -0.15) is 5.09 Å². The molecule has 1 aromatic heterocycles. The van der Waals surface area contributed by atoms with E-state index in [9.17, 15) is 24.4 Å². The molecule has 0 aliphatic carbocycles. The van der Waals surface area contributed by atoms with Gasteiger partial charge in [0.15, 0.2) is 11.0 Å². The zero-order valence-corrected chi connectivity index (χ0v) is 24.6. The van der Waals surface area contributed by atoms with Crippen molar-refractivity contribution in [1.29, 1.82) is 0 Å². The smallest absolute Gasteiger partial charge is 0.459 e. The second-order valence-corrected chi connectivity index (χ2v) is 13.1. The molecule has 6 atom stereocenters. The van der Waals surface area contributed by atoms with Crippen molar-refractivity contribution < 1.29 is 38.1 Å². The van der Waals surface area contributed by atoms with Crippen molar-refractivity contribution in [2.24, 2.45) is 5.41 Å². The Morgan fingerprint density at radius 3 is 2.56 bits per heavy atom. The van der Waals surface area contributed by atoms with Gasteiger partial charge in [-0.05, 0) is 55.7 Å².